The number of hydrogen-bond acceptors (Lipinski definition) is 5. The van der Waals surface area contributed by atoms with Gasteiger partial charge in [-0.15, -0.1) is 0 Å². The van der Waals surface area contributed by atoms with E-state index < -0.39 is 0 Å². The van der Waals surface area contributed by atoms with Crippen molar-refractivity contribution >= 4 is 5.91 Å². The number of fused-ring (bicyclic) bond motifs is 1. The topological polar surface area (TPSA) is 54.9 Å². The minimum atomic E-state index is -0.00409. The molecule has 0 aromatic carbocycles. The van der Waals surface area contributed by atoms with Gasteiger partial charge in [0.1, 0.15) is 0 Å². The molecule has 24 heavy (non-hydrogen) atoms. The molecule has 3 fully saturated rings. The Morgan fingerprint density at radius 2 is 2.04 bits per heavy atom. The van der Waals surface area contributed by atoms with Gasteiger partial charge in [-0.2, -0.15) is 0 Å². The number of pyridine rings is 1. The van der Waals surface area contributed by atoms with Gasteiger partial charge in [0.2, 0.25) is 5.91 Å². The van der Waals surface area contributed by atoms with E-state index in [0.717, 1.165) is 31.9 Å². The molecule has 0 radical (unpaired) electrons. The number of carbonyl (C=O) groups excluding carboxylic acids is 1. The quantitative estimate of drug-likeness (QED) is 0.813. The normalized spacial score (nSPS) is 31.0. The highest BCUT2D eigenvalue weighted by Crippen LogP contribution is 2.35. The molecule has 3 saturated heterocycles. The molecule has 4 heterocycles. The summed E-state index contributed by atoms with van der Waals surface area (Å²) in [4.78, 5) is 21.7. The highest BCUT2D eigenvalue weighted by Gasteiger charge is 2.45. The van der Waals surface area contributed by atoms with Crippen molar-refractivity contribution < 1.29 is 14.3 Å². The molecule has 3 aliphatic heterocycles. The van der Waals surface area contributed by atoms with Gasteiger partial charge in [0.15, 0.2) is 0 Å². The summed E-state index contributed by atoms with van der Waals surface area (Å²) in [6.07, 6.45) is 1.84. The number of likely N-dealkylation sites (tertiary alicyclic amines) is 1. The smallest absolute Gasteiger partial charge is 0.228 e. The largest absolute Gasteiger partial charge is 0.380 e. The van der Waals surface area contributed by atoms with Crippen LogP contribution >= 0.6 is 0 Å². The lowest BCUT2D eigenvalue weighted by Gasteiger charge is -2.36. The second kappa shape index (κ2) is 7.17. The summed E-state index contributed by atoms with van der Waals surface area (Å²) in [6, 6.07) is 6.03. The molecule has 0 bridgehead atoms. The minimum absolute atomic E-state index is 0.00409. The number of nitrogens with zero attached hydrogens (tertiary/aromatic N) is 3. The number of aromatic nitrogens is 1. The maximum absolute atomic E-state index is 12.9. The summed E-state index contributed by atoms with van der Waals surface area (Å²) in [7, 11) is 0. The monoisotopic (exact) mass is 331 g/mol. The van der Waals surface area contributed by atoms with Crippen molar-refractivity contribution in [3.05, 3.63) is 30.1 Å². The zero-order valence-corrected chi connectivity index (χ0v) is 14.0. The van der Waals surface area contributed by atoms with E-state index in [2.05, 4.69) is 16.0 Å². The van der Waals surface area contributed by atoms with E-state index in [1.165, 1.54) is 0 Å². The molecule has 1 aromatic heterocycles. The standard InChI is InChI=1S/C18H25N3O3/c22-18(21-5-7-23-8-6-21)17-13-24-12-14-9-20(11-16(14)17)10-15-3-1-2-4-19-15/h1-4,14,16-17H,5-13H2/t14-,16-,17+/m0/s1. The molecule has 6 nitrogen and oxygen atoms in total. The highest BCUT2D eigenvalue weighted by molar-refractivity contribution is 5.79. The fourth-order valence-corrected chi connectivity index (χ4v) is 4.21. The number of amides is 1. The van der Waals surface area contributed by atoms with Gasteiger partial charge in [0, 0.05) is 38.9 Å². The maximum Gasteiger partial charge on any atom is 0.228 e. The lowest BCUT2D eigenvalue weighted by Crippen LogP contribution is -2.49. The van der Waals surface area contributed by atoms with Crippen LogP contribution in [0.15, 0.2) is 24.4 Å². The second-order valence-corrected chi connectivity index (χ2v) is 7.02. The first-order valence-corrected chi connectivity index (χ1v) is 8.88. The van der Waals surface area contributed by atoms with Gasteiger partial charge in [0.25, 0.3) is 0 Å². The summed E-state index contributed by atoms with van der Waals surface area (Å²) in [5.74, 6) is 1.11. The average molecular weight is 331 g/mol. The first-order chi connectivity index (χ1) is 11.8. The van der Waals surface area contributed by atoms with E-state index in [1.54, 1.807) is 0 Å². The fraction of sp³-hybridized carbons (Fsp3) is 0.667. The number of carbonyl (C=O) groups is 1. The highest BCUT2D eigenvalue weighted by atomic mass is 16.5. The Morgan fingerprint density at radius 1 is 1.17 bits per heavy atom. The van der Waals surface area contributed by atoms with Gasteiger partial charge in [0.05, 0.1) is 38.0 Å². The van der Waals surface area contributed by atoms with Crippen LogP contribution in [0.5, 0.6) is 0 Å². The molecule has 3 atom stereocenters. The van der Waals surface area contributed by atoms with Crippen molar-refractivity contribution in [3.8, 4) is 0 Å². The molecule has 1 amide bonds. The van der Waals surface area contributed by atoms with E-state index in [0.29, 0.717) is 44.7 Å². The van der Waals surface area contributed by atoms with Crippen LogP contribution in [0.3, 0.4) is 0 Å². The van der Waals surface area contributed by atoms with Gasteiger partial charge < -0.3 is 14.4 Å². The molecule has 3 aliphatic rings. The molecule has 6 heteroatoms. The Kier molecular flexibility index (Phi) is 4.78. The molecular formula is C18H25N3O3. The fourth-order valence-electron chi connectivity index (χ4n) is 4.21. The maximum atomic E-state index is 12.9. The van der Waals surface area contributed by atoms with E-state index in [9.17, 15) is 4.79 Å². The molecule has 0 aliphatic carbocycles. The van der Waals surface area contributed by atoms with Crippen molar-refractivity contribution in [1.82, 2.24) is 14.8 Å². The number of ether oxygens (including phenoxy) is 2. The van der Waals surface area contributed by atoms with Crippen molar-refractivity contribution in [2.24, 2.45) is 17.8 Å². The van der Waals surface area contributed by atoms with Crippen molar-refractivity contribution in [3.63, 3.8) is 0 Å². The Bertz CT molecular complexity index is 562. The van der Waals surface area contributed by atoms with Crippen LogP contribution in [-0.4, -0.2) is 73.3 Å². The molecule has 1 aromatic rings. The summed E-state index contributed by atoms with van der Waals surface area (Å²) in [5.41, 5.74) is 1.09. The predicted octanol–water partition coefficient (Wildman–Crippen LogP) is 0.635. The van der Waals surface area contributed by atoms with Gasteiger partial charge in [-0.05, 0) is 24.0 Å². The Hall–Kier alpha value is -1.50. The average Bonchev–Trinajstić information content (AvgIpc) is 3.05. The summed E-state index contributed by atoms with van der Waals surface area (Å²) >= 11 is 0. The van der Waals surface area contributed by atoms with Crippen LogP contribution in [0.4, 0.5) is 0 Å². The third-order valence-electron chi connectivity index (χ3n) is 5.47. The summed E-state index contributed by atoms with van der Waals surface area (Å²) in [5, 5.41) is 0. The van der Waals surface area contributed by atoms with Crippen LogP contribution in [0, 0.1) is 17.8 Å². The lowest BCUT2D eigenvalue weighted by molar-refractivity contribution is -0.148. The zero-order valence-electron chi connectivity index (χ0n) is 14.0. The van der Waals surface area contributed by atoms with E-state index >= 15 is 0 Å². The van der Waals surface area contributed by atoms with E-state index in [1.807, 2.05) is 23.2 Å². The number of hydrogen-bond donors (Lipinski definition) is 0. The number of rotatable bonds is 3. The second-order valence-electron chi connectivity index (χ2n) is 7.02. The van der Waals surface area contributed by atoms with Gasteiger partial charge in [-0.3, -0.25) is 14.7 Å². The van der Waals surface area contributed by atoms with Crippen LogP contribution < -0.4 is 0 Å². The Labute approximate surface area is 142 Å². The third-order valence-corrected chi connectivity index (χ3v) is 5.47. The van der Waals surface area contributed by atoms with Gasteiger partial charge >= 0.3 is 0 Å². The van der Waals surface area contributed by atoms with E-state index in [4.69, 9.17) is 9.47 Å². The van der Waals surface area contributed by atoms with E-state index in [-0.39, 0.29) is 11.8 Å². The Balaban J connectivity index is 1.41. The zero-order chi connectivity index (χ0) is 16.4. The van der Waals surface area contributed by atoms with Crippen LogP contribution in [0.1, 0.15) is 5.69 Å². The molecule has 0 unspecified atom stereocenters. The van der Waals surface area contributed by atoms with Crippen molar-refractivity contribution in [2.75, 3.05) is 52.6 Å². The summed E-state index contributed by atoms with van der Waals surface area (Å²) in [6.45, 7) is 6.88. The molecule has 130 valence electrons. The summed E-state index contributed by atoms with van der Waals surface area (Å²) < 4.78 is 11.2. The van der Waals surface area contributed by atoms with Crippen molar-refractivity contribution in [1.29, 1.82) is 0 Å². The molecule has 0 N–H and O–H groups in total. The van der Waals surface area contributed by atoms with Crippen LogP contribution in [0.25, 0.3) is 0 Å². The SMILES string of the molecule is O=C([C@@H]1COC[C@@H]2CN(Cc3ccccn3)C[C@@H]21)N1CCOCC1. The Morgan fingerprint density at radius 3 is 2.83 bits per heavy atom. The van der Waals surface area contributed by atoms with Crippen molar-refractivity contribution in [2.45, 2.75) is 6.54 Å². The molecular weight excluding hydrogens is 306 g/mol. The van der Waals surface area contributed by atoms with Crippen LogP contribution in [-0.2, 0) is 20.8 Å². The molecule has 0 spiro atoms. The molecule has 0 saturated carbocycles. The van der Waals surface area contributed by atoms with Gasteiger partial charge in [-0.25, -0.2) is 0 Å². The first-order valence-electron chi connectivity index (χ1n) is 8.88. The van der Waals surface area contributed by atoms with Crippen LogP contribution in [0.2, 0.25) is 0 Å². The lowest BCUT2D eigenvalue weighted by atomic mass is 9.82. The predicted molar refractivity (Wildman–Crippen MR) is 88.2 cm³/mol. The minimum Gasteiger partial charge on any atom is -0.380 e. The van der Waals surface area contributed by atoms with Gasteiger partial charge in [-0.1, -0.05) is 6.07 Å². The first kappa shape index (κ1) is 16.0. The third kappa shape index (κ3) is 3.31. The molecule has 4 rings (SSSR count). The number of morpholine rings is 1.